The number of nitrogens with zero attached hydrogens (tertiary/aromatic N) is 1. The molecule has 0 aliphatic carbocycles. The van der Waals surface area contributed by atoms with Crippen LogP contribution in [0, 0.1) is 5.82 Å². The SMILES string of the molecule is CN1CCc2c(F)ccc3oc(CO)c(c23)C1. The van der Waals surface area contributed by atoms with Gasteiger partial charge in [0.15, 0.2) is 0 Å². The zero-order chi connectivity index (χ0) is 12.0. The summed E-state index contributed by atoms with van der Waals surface area (Å²) in [6.07, 6.45) is 0.678. The van der Waals surface area contributed by atoms with Crippen molar-refractivity contribution in [2.24, 2.45) is 0 Å². The van der Waals surface area contributed by atoms with Crippen LogP contribution in [-0.2, 0) is 19.6 Å². The lowest BCUT2D eigenvalue weighted by molar-refractivity contribution is 0.244. The van der Waals surface area contributed by atoms with E-state index in [1.807, 2.05) is 7.05 Å². The van der Waals surface area contributed by atoms with E-state index in [0.29, 0.717) is 29.9 Å². The van der Waals surface area contributed by atoms with E-state index in [9.17, 15) is 9.50 Å². The fourth-order valence-electron chi connectivity index (χ4n) is 2.54. The number of hydrogen-bond donors (Lipinski definition) is 1. The van der Waals surface area contributed by atoms with Crippen LogP contribution < -0.4 is 0 Å². The monoisotopic (exact) mass is 235 g/mol. The lowest BCUT2D eigenvalue weighted by Crippen LogP contribution is -2.19. The molecule has 0 saturated heterocycles. The van der Waals surface area contributed by atoms with Gasteiger partial charge in [-0.2, -0.15) is 0 Å². The minimum atomic E-state index is -0.181. The summed E-state index contributed by atoms with van der Waals surface area (Å²) < 4.78 is 19.4. The minimum Gasteiger partial charge on any atom is -0.458 e. The highest BCUT2D eigenvalue weighted by atomic mass is 19.1. The predicted molar refractivity (Wildman–Crippen MR) is 62.1 cm³/mol. The van der Waals surface area contributed by atoms with Gasteiger partial charge >= 0.3 is 0 Å². The molecule has 3 nitrogen and oxygen atoms in total. The Morgan fingerprint density at radius 3 is 3.00 bits per heavy atom. The van der Waals surface area contributed by atoms with Crippen LogP contribution in [0.3, 0.4) is 0 Å². The van der Waals surface area contributed by atoms with Crippen molar-refractivity contribution in [1.82, 2.24) is 4.90 Å². The number of likely N-dealkylation sites (N-methyl/N-ethyl adjacent to an activating group) is 1. The Bertz CT molecular complexity index is 576. The summed E-state index contributed by atoms with van der Waals surface area (Å²) in [5.74, 6) is 0.375. The first-order chi connectivity index (χ1) is 8.20. The van der Waals surface area contributed by atoms with E-state index in [4.69, 9.17) is 4.42 Å². The zero-order valence-corrected chi connectivity index (χ0v) is 9.66. The van der Waals surface area contributed by atoms with Crippen molar-refractivity contribution in [3.8, 4) is 0 Å². The molecule has 2 aromatic rings. The Kier molecular flexibility index (Phi) is 2.42. The molecule has 1 aromatic carbocycles. The van der Waals surface area contributed by atoms with Crippen molar-refractivity contribution in [3.05, 3.63) is 34.8 Å². The van der Waals surface area contributed by atoms with E-state index in [1.165, 1.54) is 6.07 Å². The van der Waals surface area contributed by atoms with Gasteiger partial charge in [-0.1, -0.05) is 0 Å². The highest BCUT2D eigenvalue weighted by molar-refractivity contribution is 5.86. The van der Waals surface area contributed by atoms with Crippen LogP contribution in [0.5, 0.6) is 0 Å². The molecule has 0 radical (unpaired) electrons. The van der Waals surface area contributed by atoms with Gasteiger partial charge in [0.25, 0.3) is 0 Å². The minimum absolute atomic E-state index is 0.140. The molecule has 1 aromatic heterocycles. The Labute approximate surface area is 98.4 Å². The number of halogens is 1. The lowest BCUT2D eigenvalue weighted by Gasteiger charge is -2.12. The first-order valence-electron chi connectivity index (χ1n) is 5.71. The number of benzene rings is 1. The van der Waals surface area contributed by atoms with E-state index in [-0.39, 0.29) is 12.4 Å². The van der Waals surface area contributed by atoms with Gasteiger partial charge in [-0.15, -0.1) is 0 Å². The highest BCUT2D eigenvalue weighted by Gasteiger charge is 2.23. The molecule has 0 unspecified atom stereocenters. The van der Waals surface area contributed by atoms with Gasteiger partial charge in [0, 0.05) is 29.6 Å². The van der Waals surface area contributed by atoms with Crippen LogP contribution in [-0.4, -0.2) is 23.6 Å². The average molecular weight is 235 g/mol. The van der Waals surface area contributed by atoms with Crippen LogP contribution in [0.25, 0.3) is 11.0 Å². The maximum Gasteiger partial charge on any atom is 0.135 e. The molecule has 0 amide bonds. The Hall–Kier alpha value is -1.39. The van der Waals surface area contributed by atoms with Crippen molar-refractivity contribution in [2.75, 3.05) is 13.6 Å². The Morgan fingerprint density at radius 2 is 2.24 bits per heavy atom. The lowest BCUT2D eigenvalue weighted by atomic mass is 10.0. The summed E-state index contributed by atoms with van der Waals surface area (Å²) in [6, 6.07) is 3.08. The Balaban J connectivity index is 2.35. The number of aliphatic hydroxyl groups excluding tert-OH is 1. The largest absolute Gasteiger partial charge is 0.458 e. The molecule has 2 heterocycles. The second-order valence-corrected chi connectivity index (χ2v) is 4.55. The molecule has 17 heavy (non-hydrogen) atoms. The first kappa shape index (κ1) is 10.7. The fourth-order valence-corrected chi connectivity index (χ4v) is 2.54. The molecular weight excluding hydrogens is 221 g/mol. The number of rotatable bonds is 1. The van der Waals surface area contributed by atoms with Gasteiger partial charge in [0.05, 0.1) is 0 Å². The standard InChI is InChI=1S/C13H14FNO2/c1-15-5-4-8-10(14)2-3-11-13(8)9(6-15)12(7-16)17-11/h2-3,16H,4-7H2,1H3. The molecule has 1 aliphatic heterocycles. The molecule has 0 atom stereocenters. The summed E-state index contributed by atoms with van der Waals surface area (Å²) >= 11 is 0. The third-order valence-corrected chi connectivity index (χ3v) is 3.40. The number of aliphatic hydroxyl groups is 1. The third kappa shape index (κ3) is 1.56. The normalized spacial score (nSPS) is 16.4. The summed E-state index contributed by atoms with van der Waals surface area (Å²) in [7, 11) is 1.99. The van der Waals surface area contributed by atoms with Crippen molar-refractivity contribution in [2.45, 2.75) is 19.6 Å². The molecule has 1 N–H and O–H groups in total. The molecule has 0 spiro atoms. The van der Waals surface area contributed by atoms with Crippen molar-refractivity contribution in [1.29, 1.82) is 0 Å². The maximum absolute atomic E-state index is 13.8. The molecule has 0 bridgehead atoms. The summed E-state index contributed by atoms with van der Waals surface area (Å²) in [5, 5.41) is 10.2. The first-order valence-corrected chi connectivity index (χ1v) is 5.71. The topological polar surface area (TPSA) is 36.6 Å². The van der Waals surface area contributed by atoms with Crippen molar-refractivity contribution >= 4 is 11.0 Å². The summed E-state index contributed by atoms with van der Waals surface area (Å²) in [4.78, 5) is 2.11. The molecule has 90 valence electrons. The molecule has 3 rings (SSSR count). The average Bonchev–Trinajstić information content (AvgIpc) is 2.56. The number of furan rings is 1. The molecule has 0 fully saturated rings. The van der Waals surface area contributed by atoms with Crippen LogP contribution in [0.15, 0.2) is 16.5 Å². The quantitative estimate of drug-likeness (QED) is 0.822. The molecular formula is C13H14FNO2. The number of hydrogen-bond acceptors (Lipinski definition) is 3. The van der Waals surface area contributed by atoms with E-state index in [2.05, 4.69) is 4.90 Å². The zero-order valence-electron chi connectivity index (χ0n) is 9.66. The molecule has 0 saturated carbocycles. The van der Waals surface area contributed by atoms with Gasteiger partial charge in [-0.3, -0.25) is 0 Å². The van der Waals surface area contributed by atoms with Gasteiger partial charge < -0.3 is 14.4 Å². The predicted octanol–water partition coefficient (Wildman–Crippen LogP) is 2.05. The second-order valence-electron chi connectivity index (χ2n) is 4.55. The van der Waals surface area contributed by atoms with Crippen LogP contribution in [0.2, 0.25) is 0 Å². The Morgan fingerprint density at radius 1 is 1.41 bits per heavy atom. The second kappa shape index (κ2) is 3.82. The van der Waals surface area contributed by atoms with E-state index < -0.39 is 0 Å². The molecule has 4 heteroatoms. The van der Waals surface area contributed by atoms with E-state index in [0.717, 1.165) is 17.5 Å². The van der Waals surface area contributed by atoms with Gasteiger partial charge in [-0.05, 0) is 25.6 Å². The maximum atomic E-state index is 13.8. The smallest absolute Gasteiger partial charge is 0.135 e. The van der Waals surface area contributed by atoms with Crippen LogP contribution >= 0.6 is 0 Å². The summed E-state index contributed by atoms with van der Waals surface area (Å²) in [6.45, 7) is 1.37. The van der Waals surface area contributed by atoms with E-state index >= 15 is 0 Å². The van der Waals surface area contributed by atoms with Crippen molar-refractivity contribution in [3.63, 3.8) is 0 Å². The van der Waals surface area contributed by atoms with Crippen molar-refractivity contribution < 1.29 is 13.9 Å². The third-order valence-electron chi connectivity index (χ3n) is 3.40. The highest BCUT2D eigenvalue weighted by Crippen LogP contribution is 2.33. The van der Waals surface area contributed by atoms with Crippen LogP contribution in [0.1, 0.15) is 16.9 Å². The molecule has 1 aliphatic rings. The summed E-state index contributed by atoms with van der Waals surface area (Å²) in [5.41, 5.74) is 2.32. The van der Waals surface area contributed by atoms with Gasteiger partial charge in [0.1, 0.15) is 23.8 Å². The van der Waals surface area contributed by atoms with E-state index in [1.54, 1.807) is 6.07 Å². The van der Waals surface area contributed by atoms with Gasteiger partial charge in [-0.25, -0.2) is 4.39 Å². The van der Waals surface area contributed by atoms with Crippen LogP contribution in [0.4, 0.5) is 4.39 Å². The van der Waals surface area contributed by atoms with Gasteiger partial charge in [0.2, 0.25) is 0 Å². The fraction of sp³-hybridized carbons (Fsp3) is 0.385.